The van der Waals surface area contributed by atoms with Crippen LogP contribution < -0.4 is 5.32 Å². The second kappa shape index (κ2) is 4.82. The van der Waals surface area contributed by atoms with Gasteiger partial charge in [-0.2, -0.15) is 0 Å². The minimum absolute atomic E-state index is 0.0871. The maximum absolute atomic E-state index is 11.8. The highest BCUT2D eigenvalue weighted by Gasteiger charge is 2.38. The molecule has 1 amide bonds. The predicted molar refractivity (Wildman–Crippen MR) is 57.7 cm³/mol. The molecule has 2 atom stereocenters. The van der Waals surface area contributed by atoms with Gasteiger partial charge in [0, 0.05) is 25.6 Å². The molecule has 2 unspecified atom stereocenters. The summed E-state index contributed by atoms with van der Waals surface area (Å²) in [7, 11) is 1.37. The SMILES string of the molecule is COC(=O)C1CC(=O)N(C2CCCNC2)C1. The Kier molecular flexibility index (Phi) is 3.43. The van der Waals surface area contributed by atoms with Gasteiger partial charge >= 0.3 is 5.97 Å². The van der Waals surface area contributed by atoms with Gasteiger partial charge in [-0.25, -0.2) is 0 Å². The summed E-state index contributed by atoms with van der Waals surface area (Å²) < 4.78 is 4.68. The van der Waals surface area contributed by atoms with E-state index in [-0.39, 0.29) is 23.8 Å². The van der Waals surface area contributed by atoms with Crippen molar-refractivity contribution < 1.29 is 14.3 Å². The van der Waals surface area contributed by atoms with Crippen LogP contribution in [0.4, 0.5) is 0 Å². The largest absolute Gasteiger partial charge is 0.469 e. The Morgan fingerprint density at radius 1 is 1.56 bits per heavy atom. The van der Waals surface area contributed by atoms with E-state index in [4.69, 9.17) is 0 Å². The molecule has 2 aliphatic rings. The van der Waals surface area contributed by atoms with Gasteiger partial charge in [-0.15, -0.1) is 0 Å². The van der Waals surface area contributed by atoms with Crippen molar-refractivity contribution in [2.45, 2.75) is 25.3 Å². The second-order valence-corrected chi connectivity index (χ2v) is 4.47. The molecule has 90 valence electrons. The first-order valence-electron chi connectivity index (χ1n) is 5.80. The maximum atomic E-state index is 11.8. The quantitative estimate of drug-likeness (QED) is 0.660. The number of hydrogen-bond donors (Lipinski definition) is 1. The number of carbonyl (C=O) groups is 2. The third-order valence-electron chi connectivity index (χ3n) is 3.40. The second-order valence-electron chi connectivity index (χ2n) is 4.47. The standard InChI is InChI=1S/C11H18N2O3/c1-16-11(15)8-5-10(14)13(7-8)9-3-2-4-12-6-9/h8-9,12H,2-7H2,1H3. The molecule has 0 aliphatic carbocycles. The lowest BCUT2D eigenvalue weighted by Crippen LogP contribution is -2.46. The van der Waals surface area contributed by atoms with Crippen molar-refractivity contribution in [3.8, 4) is 0 Å². The van der Waals surface area contributed by atoms with Gasteiger partial charge in [0.2, 0.25) is 5.91 Å². The van der Waals surface area contributed by atoms with Crippen LogP contribution in [0.25, 0.3) is 0 Å². The number of nitrogens with one attached hydrogen (secondary N) is 1. The fourth-order valence-electron chi connectivity index (χ4n) is 2.51. The van der Waals surface area contributed by atoms with Gasteiger partial charge in [0.05, 0.1) is 13.0 Å². The minimum atomic E-state index is -0.264. The van der Waals surface area contributed by atoms with Crippen LogP contribution in [-0.2, 0) is 14.3 Å². The number of methoxy groups -OCH3 is 1. The Morgan fingerprint density at radius 2 is 2.38 bits per heavy atom. The van der Waals surface area contributed by atoms with Crippen molar-refractivity contribution in [1.29, 1.82) is 0 Å². The van der Waals surface area contributed by atoms with Crippen molar-refractivity contribution in [1.82, 2.24) is 10.2 Å². The van der Waals surface area contributed by atoms with E-state index < -0.39 is 0 Å². The lowest BCUT2D eigenvalue weighted by Gasteiger charge is -2.31. The van der Waals surface area contributed by atoms with Crippen LogP contribution in [0.3, 0.4) is 0 Å². The Morgan fingerprint density at radius 3 is 3.00 bits per heavy atom. The summed E-state index contributed by atoms with van der Waals surface area (Å²) in [4.78, 5) is 25.0. The number of amides is 1. The Labute approximate surface area is 95.1 Å². The van der Waals surface area contributed by atoms with Crippen molar-refractivity contribution >= 4 is 11.9 Å². The van der Waals surface area contributed by atoms with Crippen LogP contribution >= 0.6 is 0 Å². The molecule has 2 saturated heterocycles. The van der Waals surface area contributed by atoms with Gasteiger partial charge in [-0.05, 0) is 19.4 Å². The highest BCUT2D eigenvalue weighted by molar-refractivity contribution is 5.87. The van der Waals surface area contributed by atoms with E-state index in [1.807, 2.05) is 4.90 Å². The smallest absolute Gasteiger partial charge is 0.310 e. The summed E-state index contributed by atoms with van der Waals surface area (Å²) in [6.45, 7) is 2.40. The fourth-order valence-corrected chi connectivity index (χ4v) is 2.51. The molecule has 0 aromatic rings. The lowest BCUT2D eigenvalue weighted by atomic mass is 10.1. The van der Waals surface area contributed by atoms with Gasteiger partial charge in [0.1, 0.15) is 0 Å². The summed E-state index contributed by atoms with van der Waals surface area (Å²) in [5, 5.41) is 3.28. The van der Waals surface area contributed by atoms with Gasteiger partial charge in [-0.3, -0.25) is 9.59 Å². The Balaban J connectivity index is 1.96. The molecule has 0 aromatic carbocycles. The number of carbonyl (C=O) groups excluding carboxylic acids is 2. The molecule has 2 aliphatic heterocycles. The minimum Gasteiger partial charge on any atom is -0.469 e. The lowest BCUT2D eigenvalue weighted by molar-refractivity contribution is -0.145. The molecule has 0 spiro atoms. The molecule has 2 rings (SSSR count). The molecular weight excluding hydrogens is 208 g/mol. The zero-order valence-electron chi connectivity index (χ0n) is 9.57. The highest BCUT2D eigenvalue weighted by atomic mass is 16.5. The van der Waals surface area contributed by atoms with E-state index in [0.717, 1.165) is 25.9 Å². The fraction of sp³-hybridized carbons (Fsp3) is 0.818. The van der Waals surface area contributed by atoms with Crippen LogP contribution in [-0.4, -0.2) is 49.6 Å². The molecular formula is C11H18N2O3. The van der Waals surface area contributed by atoms with E-state index in [2.05, 4.69) is 10.1 Å². The summed E-state index contributed by atoms with van der Waals surface area (Å²) in [6.07, 6.45) is 2.44. The van der Waals surface area contributed by atoms with Crippen molar-refractivity contribution in [3.63, 3.8) is 0 Å². The molecule has 2 heterocycles. The van der Waals surface area contributed by atoms with Crippen LogP contribution in [0.5, 0.6) is 0 Å². The number of nitrogens with zero attached hydrogens (tertiary/aromatic N) is 1. The Hall–Kier alpha value is -1.10. The van der Waals surface area contributed by atoms with Gasteiger partial charge in [0.15, 0.2) is 0 Å². The molecule has 0 bridgehead atoms. The van der Waals surface area contributed by atoms with Crippen molar-refractivity contribution in [2.24, 2.45) is 5.92 Å². The normalized spacial score (nSPS) is 30.6. The van der Waals surface area contributed by atoms with Crippen molar-refractivity contribution in [3.05, 3.63) is 0 Å². The van der Waals surface area contributed by atoms with E-state index >= 15 is 0 Å². The third-order valence-corrected chi connectivity index (χ3v) is 3.40. The van der Waals surface area contributed by atoms with E-state index in [1.54, 1.807) is 0 Å². The summed E-state index contributed by atoms with van der Waals surface area (Å²) in [5.41, 5.74) is 0. The zero-order chi connectivity index (χ0) is 11.5. The van der Waals surface area contributed by atoms with Crippen LogP contribution in [0.1, 0.15) is 19.3 Å². The topological polar surface area (TPSA) is 58.6 Å². The number of likely N-dealkylation sites (tertiary alicyclic amines) is 1. The predicted octanol–water partition coefficient (Wildman–Crippen LogP) is -0.240. The molecule has 2 fully saturated rings. The summed E-state index contributed by atoms with van der Waals surface area (Å²) in [5.74, 6) is -0.442. The maximum Gasteiger partial charge on any atom is 0.310 e. The molecule has 16 heavy (non-hydrogen) atoms. The molecule has 5 nitrogen and oxygen atoms in total. The van der Waals surface area contributed by atoms with E-state index in [1.165, 1.54) is 7.11 Å². The number of rotatable bonds is 2. The Bertz CT molecular complexity index is 287. The molecule has 5 heteroatoms. The average molecular weight is 226 g/mol. The van der Waals surface area contributed by atoms with Crippen LogP contribution in [0.15, 0.2) is 0 Å². The molecule has 0 saturated carbocycles. The van der Waals surface area contributed by atoms with E-state index in [0.29, 0.717) is 13.0 Å². The summed E-state index contributed by atoms with van der Waals surface area (Å²) in [6, 6.07) is 0.260. The number of esters is 1. The van der Waals surface area contributed by atoms with Gasteiger partial charge in [-0.1, -0.05) is 0 Å². The van der Waals surface area contributed by atoms with Gasteiger partial charge in [0.25, 0.3) is 0 Å². The summed E-state index contributed by atoms with van der Waals surface area (Å²) >= 11 is 0. The number of hydrogen-bond acceptors (Lipinski definition) is 4. The van der Waals surface area contributed by atoms with Crippen molar-refractivity contribution in [2.75, 3.05) is 26.7 Å². The van der Waals surface area contributed by atoms with Gasteiger partial charge < -0.3 is 15.0 Å². The zero-order valence-corrected chi connectivity index (χ0v) is 9.57. The van der Waals surface area contributed by atoms with Crippen LogP contribution in [0.2, 0.25) is 0 Å². The number of ether oxygens (including phenoxy) is 1. The first-order chi connectivity index (χ1) is 7.72. The molecule has 0 radical (unpaired) electrons. The number of piperidine rings is 1. The third kappa shape index (κ3) is 2.19. The molecule has 1 N–H and O–H groups in total. The van der Waals surface area contributed by atoms with Crippen LogP contribution in [0, 0.1) is 5.92 Å². The first-order valence-corrected chi connectivity index (χ1v) is 5.80. The monoisotopic (exact) mass is 226 g/mol. The molecule has 0 aromatic heterocycles. The highest BCUT2D eigenvalue weighted by Crippen LogP contribution is 2.23. The average Bonchev–Trinajstić information content (AvgIpc) is 2.71. The first kappa shape index (κ1) is 11.4. The van der Waals surface area contributed by atoms with E-state index in [9.17, 15) is 9.59 Å².